The first-order valence-corrected chi connectivity index (χ1v) is 10.7. The van der Waals surface area contributed by atoms with Gasteiger partial charge in [0.25, 0.3) is 0 Å². The van der Waals surface area contributed by atoms with E-state index in [1.165, 1.54) is 0 Å². The molecule has 0 bridgehead atoms. The summed E-state index contributed by atoms with van der Waals surface area (Å²) in [5.74, 6) is 0.898. The highest BCUT2D eigenvalue weighted by Gasteiger charge is 2.32. The summed E-state index contributed by atoms with van der Waals surface area (Å²) in [5.41, 5.74) is 0.891. The normalized spacial score (nSPS) is 21.7. The number of hydrogen-bond donors (Lipinski definition) is 1. The first-order valence-electron chi connectivity index (χ1n) is 10.7. The Morgan fingerprint density at radius 1 is 1.18 bits per heavy atom. The Hall–Kier alpha value is -1.95. The highest BCUT2D eigenvalue weighted by molar-refractivity contribution is 5.79. The van der Waals surface area contributed by atoms with Crippen molar-refractivity contribution in [2.24, 2.45) is 11.8 Å². The van der Waals surface area contributed by atoms with Gasteiger partial charge in [0.15, 0.2) is 0 Å². The number of nitrogens with zero attached hydrogens (tertiary/aromatic N) is 3. The van der Waals surface area contributed by atoms with Gasteiger partial charge in [-0.25, -0.2) is 0 Å². The van der Waals surface area contributed by atoms with Crippen LogP contribution in [0.4, 0.5) is 0 Å². The van der Waals surface area contributed by atoms with Gasteiger partial charge in [-0.3, -0.25) is 19.5 Å². The fourth-order valence-corrected chi connectivity index (χ4v) is 4.34. The molecule has 1 atom stereocenters. The molecule has 0 radical (unpaired) electrons. The molecule has 2 saturated heterocycles. The topological polar surface area (TPSA) is 65.5 Å². The highest BCUT2D eigenvalue weighted by atomic mass is 16.2. The molecule has 6 heteroatoms. The molecule has 2 aliphatic rings. The standard InChI is InChI=1S/C22H34N4O2/c1-17(2)14-21(27)25-12-8-20(9-13-25)26-11-5-6-18(16-26)22(28)24-15-19-7-3-4-10-23-19/h3-4,7,10,17-18,20H,5-6,8-9,11-16H2,1-2H3,(H,24,28). The zero-order chi connectivity index (χ0) is 19.9. The van der Waals surface area contributed by atoms with E-state index in [0.717, 1.165) is 57.6 Å². The Labute approximate surface area is 168 Å². The van der Waals surface area contributed by atoms with Gasteiger partial charge in [0.05, 0.1) is 18.2 Å². The lowest BCUT2D eigenvalue weighted by Crippen LogP contribution is -2.51. The fraction of sp³-hybridized carbons (Fsp3) is 0.682. The molecule has 0 spiro atoms. The first-order chi connectivity index (χ1) is 13.5. The molecular formula is C22H34N4O2. The predicted octanol–water partition coefficient (Wildman–Crippen LogP) is 2.45. The lowest BCUT2D eigenvalue weighted by molar-refractivity contribution is -0.133. The average Bonchev–Trinajstić information content (AvgIpc) is 2.72. The first kappa shape index (κ1) is 20.8. The van der Waals surface area contributed by atoms with Crippen LogP contribution in [0.3, 0.4) is 0 Å². The molecule has 3 rings (SSSR count). The number of likely N-dealkylation sites (tertiary alicyclic amines) is 2. The molecule has 1 unspecified atom stereocenters. The summed E-state index contributed by atoms with van der Waals surface area (Å²) in [6, 6.07) is 6.25. The molecule has 3 heterocycles. The van der Waals surface area contributed by atoms with Crippen LogP contribution in [0.15, 0.2) is 24.4 Å². The Kier molecular flexibility index (Phi) is 7.43. The second-order valence-corrected chi connectivity index (χ2v) is 8.58. The third kappa shape index (κ3) is 5.77. The number of rotatable bonds is 6. The number of piperidine rings is 2. The molecule has 1 aromatic rings. The summed E-state index contributed by atoms with van der Waals surface area (Å²) in [7, 11) is 0. The molecule has 0 saturated carbocycles. The number of carbonyl (C=O) groups excluding carboxylic acids is 2. The molecule has 1 N–H and O–H groups in total. The van der Waals surface area contributed by atoms with E-state index in [0.29, 0.717) is 30.8 Å². The molecule has 28 heavy (non-hydrogen) atoms. The van der Waals surface area contributed by atoms with Gasteiger partial charge in [-0.2, -0.15) is 0 Å². The zero-order valence-corrected chi connectivity index (χ0v) is 17.3. The van der Waals surface area contributed by atoms with Gasteiger partial charge in [-0.1, -0.05) is 19.9 Å². The van der Waals surface area contributed by atoms with Crippen LogP contribution >= 0.6 is 0 Å². The molecule has 0 aliphatic carbocycles. The Balaban J connectivity index is 1.44. The second-order valence-electron chi connectivity index (χ2n) is 8.58. The molecular weight excluding hydrogens is 352 g/mol. The third-order valence-electron chi connectivity index (χ3n) is 5.91. The van der Waals surface area contributed by atoms with E-state index < -0.39 is 0 Å². The average molecular weight is 387 g/mol. The van der Waals surface area contributed by atoms with Crippen molar-refractivity contribution in [1.82, 2.24) is 20.1 Å². The minimum atomic E-state index is 0.0538. The molecule has 2 aliphatic heterocycles. The van der Waals surface area contributed by atoms with Crippen LogP contribution in [-0.4, -0.2) is 58.8 Å². The van der Waals surface area contributed by atoms with Gasteiger partial charge in [0, 0.05) is 38.3 Å². The van der Waals surface area contributed by atoms with E-state index in [-0.39, 0.29) is 11.8 Å². The third-order valence-corrected chi connectivity index (χ3v) is 5.91. The van der Waals surface area contributed by atoms with Gasteiger partial charge >= 0.3 is 0 Å². The van der Waals surface area contributed by atoms with E-state index in [1.807, 2.05) is 23.1 Å². The van der Waals surface area contributed by atoms with Crippen LogP contribution in [0.5, 0.6) is 0 Å². The molecule has 6 nitrogen and oxygen atoms in total. The van der Waals surface area contributed by atoms with Crippen LogP contribution in [0, 0.1) is 11.8 Å². The summed E-state index contributed by atoms with van der Waals surface area (Å²) < 4.78 is 0. The number of nitrogens with one attached hydrogen (secondary N) is 1. The number of hydrogen-bond acceptors (Lipinski definition) is 4. The van der Waals surface area contributed by atoms with Gasteiger partial charge < -0.3 is 10.2 Å². The zero-order valence-electron chi connectivity index (χ0n) is 17.3. The van der Waals surface area contributed by atoms with Crippen molar-refractivity contribution in [2.45, 2.75) is 58.5 Å². The molecule has 154 valence electrons. The van der Waals surface area contributed by atoms with Crippen LogP contribution in [0.1, 0.15) is 51.6 Å². The summed E-state index contributed by atoms with van der Waals surface area (Å²) >= 11 is 0. The lowest BCUT2D eigenvalue weighted by atomic mass is 9.93. The Morgan fingerprint density at radius 2 is 1.96 bits per heavy atom. The monoisotopic (exact) mass is 386 g/mol. The summed E-state index contributed by atoms with van der Waals surface area (Å²) in [5, 5.41) is 3.05. The van der Waals surface area contributed by atoms with Crippen molar-refractivity contribution in [3.8, 4) is 0 Å². The number of amides is 2. The van der Waals surface area contributed by atoms with E-state index in [1.54, 1.807) is 6.20 Å². The van der Waals surface area contributed by atoms with Crippen molar-refractivity contribution < 1.29 is 9.59 Å². The largest absolute Gasteiger partial charge is 0.350 e. The second kappa shape index (κ2) is 10.0. The summed E-state index contributed by atoms with van der Waals surface area (Å²) in [4.78, 5) is 33.7. The highest BCUT2D eigenvalue weighted by Crippen LogP contribution is 2.24. The minimum Gasteiger partial charge on any atom is -0.350 e. The number of aromatic nitrogens is 1. The minimum absolute atomic E-state index is 0.0538. The molecule has 2 amide bonds. The van der Waals surface area contributed by atoms with Crippen molar-refractivity contribution >= 4 is 11.8 Å². The molecule has 2 fully saturated rings. The Morgan fingerprint density at radius 3 is 2.64 bits per heavy atom. The van der Waals surface area contributed by atoms with Crippen molar-refractivity contribution in [3.63, 3.8) is 0 Å². The van der Waals surface area contributed by atoms with Crippen molar-refractivity contribution in [3.05, 3.63) is 30.1 Å². The number of pyridine rings is 1. The maximum Gasteiger partial charge on any atom is 0.224 e. The van der Waals surface area contributed by atoms with E-state index in [2.05, 4.69) is 29.0 Å². The smallest absolute Gasteiger partial charge is 0.224 e. The van der Waals surface area contributed by atoms with Crippen LogP contribution in [-0.2, 0) is 16.1 Å². The van der Waals surface area contributed by atoms with Crippen molar-refractivity contribution in [2.75, 3.05) is 26.2 Å². The summed E-state index contributed by atoms with van der Waals surface area (Å²) in [6.45, 7) is 8.28. The quantitative estimate of drug-likeness (QED) is 0.816. The van der Waals surface area contributed by atoms with Crippen LogP contribution in [0.25, 0.3) is 0 Å². The van der Waals surface area contributed by atoms with E-state index in [4.69, 9.17) is 0 Å². The fourth-order valence-electron chi connectivity index (χ4n) is 4.34. The lowest BCUT2D eigenvalue weighted by Gasteiger charge is -2.42. The molecule has 0 aromatic carbocycles. The molecule has 1 aromatic heterocycles. The van der Waals surface area contributed by atoms with Gasteiger partial charge in [0.1, 0.15) is 0 Å². The van der Waals surface area contributed by atoms with Gasteiger partial charge in [-0.05, 0) is 50.3 Å². The summed E-state index contributed by atoms with van der Waals surface area (Å²) in [6.07, 6.45) is 6.46. The number of carbonyl (C=O) groups is 2. The van der Waals surface area contributed by atoms with Gasteiger partial charge in [0.2, 0.25) is 11.8 Å². The van der Waals surface area contributed by atoms with Crippen molar-refractivity contribution in [1.29, 1.82) is 0 Å². The predicted molar refractivity (Wildman–Crippen MR) is 109 cm³/mol. The maximum absolute atomic E-state index is 12.6. The van der Waals surface area contributed by atoms with E-state index >= 15 is 0 Å². The van der Waals surface area contributed by atoms with Crippen LogP contribution < -0.4 is 5.32 Å². The van der Waals surface area contributed by atoms with Gasteiger partial charge in [-0.15, -0.1) is 0 Å². The Bertz CT molecular complexity index is 641. The maximum atomic E-state index is 12.6. The van der Waals surface area contributed by atoms with E-state index in [9.17, 15) is 9.59 Å². The van der Waals surface area contributed by atoms with Crippen LogP contribution in [0.2, 0.25) is 0 Å². The SMILES string of the molecule is CC(C)CC(=O)N1CCC(N2CCCC(C(=O)NCc3ccccn3)C2)CC1.